The molecule has 0 N–H and O–H groups in total. The predicted molar refractivity (Wildman–Crippen MR) is 76.7 cm³/mol. The Morgan fingerprint density at radius 2 is 1.79 bits per heavy atom. The summed E-state index contributed by atoms with van der Waals surface area (Å²) in [5.41, 5.74) is 1.15. The van der Waals surface area contributed by atoms with Gasteiger partial charge in [-0.25, -0.2) is 0 Å². The number of amides is 1. The molecule has 0 bridgehead atoms. The maximum Gasteiger partial charge on any atom is 0.251 e. The third kappa shape index (κ3) is 3.39. The molecule has 4 nitrogen and oxygen atoms in total. The van der Waals surface area contributed by atoms with Gasteiger partial charge in [-0.2, -0.15) is 0 Å². The first-order valence-corrected chi connectivity index (χ1v) is 6.81. The summed E-state index contributed by atoms with van der Waals surface area (Å²) in [6.07, 6.45) is -0.359. The molecule has 0 saturated carbocycles. The summed E-state index contributed by atoms with van der Waals surface area (Å²) in [5, 5.41) is 0.742. The zero-order chi connectivity index (χ0) is 13.8. The number of carbonyl (C=O) groups is 1. The van der Waals surface area contributed by atoms with Gasteiger partial charge in [-0.3, -0.25) is 4.79 Å². The number of hydrogen-bond donors (Lipinski definition) is 0. The molecule has 0 aliphatic carbocycles. The Morgan fingerprint density at radius 3 is 2.32 bits per heavy atom. The van der Waals surface area contributed by atoms with Gasteiger partial charge in [0.05, 0.1) is 0 Å². The number of anilines is 1. The lowest BCUT2D eigenvalue weighted by Crippen LogP contribution is -2.51. The van der Waals surface area contributed by atoms with Crippen molar-refractivity contribution in [3.05, 3.63) is 29.3 Å². The summed E-state index contributed by atoms with van der Waals surface area (Å²) in [6.45, 7) is 4.92. The van der Waals surface area contributed by atoms with Gasteiger partial charge >= 0.3 is 0 Å². The maximum atomic E-state index is 12.0. The summed E-state index contributed by atoms with van der Waals surface area (Å²) in [4.78, 5) is 16.1. The average molecular weight is 283 g/mol. The Kier molecular flexibility index (Phi) is 4.66. The molecule has 104 valence electrons. The summed E-state index contributed by atoms with van der Waals surface area (Å²) in [7, 11) is 1.56. The number of halogens is 1. The van der Waals surface area contributed by atoms with Crippen LogP contribution in [0.15, 0.2) is 24.3 Å². The van der Waals surface area contributed by atoms with Crippen molar-refractivity contribution in [2.45, 2.75) is 13.0 Å². The largest absolute Gasteiger partial charge is 0.372 e. The van der Waals surface area contributed by atoms with Gasteiger partial charge in [0, 0.05) is 44.0 Å². The highest BCUT2D eigenvalue weighted by Gasteiger charge is 2.24. The first-order valence-electron chi connectivity index (χ1n) is 6.44. The number of rotatable bonds is 3. The van der Waals surface area contributed by atoms with Gasteiger partial charge in [-0.05, 0) is 31.2 Å². The van der Waals surface area contributed by atoms with Crippen molar-refractivity contribution in [3.8, 4) is 0 Å². The minimum Gasteiger partial charge on any atom is -0.372 e. The molecule has 1 saturated heterocycles. The molecule has 0 spiro atoms. The quantitative estimate of drug-likeness (QED) is 0.850. The SMILES string of the molecule is COC(C)C(=O)N1CCN(c2ccc(Cl)cc2)CC1. The molecule has 19 heavy (non-hydrogen) atoms. The first kappa shape index (κ1) is 14.2. The van der Waals surface area contributed by atoms with Crippen molar-refractivity contribution in [2.24, 2.45) is 0 Å². The van der Waals surface area contributed by atoms with Crippen molar-refractivity contribution < 1.29 is 9.53 Å². The highest BCUT2D eigenvalue weighted by atomic mass is 35.5. The van der Waals surface area contributed by atoms with Crippen LogP contribution in [0.2, 0.25) is 5.02 Å². The lowest BCUT2D eigenvalue weighted by molar-refractivity contribution is -0.141. The number of carbonyl (C=O) groups excluding carboxylic acids is 1. The number of piperazine rings is 1. The van der Waals surface area contributed by atoms with Gasteiger partial charge in [0.25, 0.3) is 5.91 Å². The third-order valence-electron chi connectivity index (χ3n) is 3.48. The van der Waals surface area contributed by atoms with E-state index in [0.717, 1.165) is 36.9 Å². The topological polar surface area (TPSA) is 32.8 Å². The van der Waals surface area contributed by atoms with Crippen molar-refractivity contribution in [1.29, 1.82) is 0 Å². The van der Waals surface area contributed by atoms with Crippen LogP contribution in [0.1, 0.15) is 6.92 Å². The van der Waals surface area contributed by atoms with Crippen molar-refractivity contribution in [3.63, 3.8) is 0 Å². The second-order valence-electron chi connectivity index (χ2n) is 4.67. The van der Waals surface area contributed by atoms with E-state index < -0.39 is 0 Å². The fourth-order valence-corrected chi connectivity index (χ4v) is 2.32. The molecule has 0 aromatic heterocycles. The fraction of sp³-hybridized carbons (Fsp3) is 0.500. The number of benzene rings is 1. The Morgan fingerprint density at radius 1 is 1.21 bits per heavy atom. The lowest BCUT2D eigenvalue weighted by atomic mass is 10.2. The van der Waals surface area contributed by atoms with Crippen LogP contribution < -0.4 is 4.90 Å². The summed E-state index contributed by atoms with van der Waals surface area (Å²) >= 11 is 5.88. The molecule has 1 aliphatic heterocycles. The van der Waals surface area contributed by atoms with Gasteiger partial charge in [0.1, 0.15) is 6.10 Å². The molecule has 1 atom stereocenters. The Hall–Kier alpha value is -1.26. The minimum absolute atomic E-state index is 0.0678. The van der Waals surface area contributed by atoms with E-state index in [4.69, 9.17) is 16.3 Å². The van der Waals surface area contributed by atoms with E-state index in [9.17, 15) is 4.79 Å². The van der Waals surface area contributed by atoms with E-state index in [1.165, 1.54) is 0 Å². The van der Waals surface area contributed by atoms with Crippen LogP contribution in [0.4, 0.5) is 5.69 Å². The van der Waals surface area contributed by atoms with Gasteiger partial charge in [0.2, 0.25) is 0 Å². The first-order chi connectivity index (χ1) is 9.11. The normalized spacial score (nSPS) is 17.4. The molecule has 1 heterocycles. The van der Waals surface area contributed by atoms with Crippen LogP contribution in [0.5, 0.6) is 0 Å². The molecule has 1 unspecified atom stereocenters. The smallest absolute Gasteiger partial charge is 0.251 e. The minimum atomic E-state index is -0.359. The molecule has 1 amide bonds. The average Bonchev–Trinajstić information content (AvgIpc) is 2.46. The summed E-state index contributed by atoms with van der Waals surface area (Å²) < 4.78 is 5.07. The van der Waals surface area contributed by atoms with Gasteiger partial charge in [0.15, 0.2) is 0 Å². The van der Waals surface area contributed by atoms with Crippen LogP contribution >= 0.6 is 11.6 Å². The monoisotopic (exact) mass is 282 g/mol. The van der Waals surface area contributed by atoms with Crippen LogP contribution in [-0.2, 0) is 9.53 Å². The van der Waals surface area contributed by atoms with Gasteiger partial charge < -0.3 is 14.5 Å². The molecule has 2 rings (SSSR count). The third-order valence-corrected chi connectivity index (χ3v) is 3.74. The highest BCUT2D eigenvalue weighted by Crippen LogP contribution is 2.19. The molecule has 1 aliphatic rings. The Labute approximate surface area is 118 Å². The van der Waals surface area contributed by atoms with E-state index in [2.05, 4.69) is 4.90 Å². The summed E-state index contributed by atoms with van der Waals surface area (Å²) in [6, 6.07) is 7.80. The molecular weight excluding hydrogens is 264 g/mol. The lowest BCUT2D eigenvalue weighted by Gasteiger charge is -2.37. The van der Waals surface area contributed by atoms with E-state index in [-0.39, 0.29) is 12.0 Å². The van der Waals surface area contributed by atoms with Crippen molar-refractivity contribution in [2.75, 3.05) is 38.2 Å². The van der Waals surface area contributed by atoms with Crippen LogP contribution in [0.25, 0.3) is 0 Å². The fourth-order valence-electron chi connectivity index (χ4n) is 2.19. The van der Waals surface area contributed by atoms with E-state index in [0.29, 0.717) is 0 Å². The molecule has 1 aromatic rings. The van der Waals surface area contributed by atoms with Crippen molar-refractivity contribution >= 4 is 23.2 Å². The zero-order valence-corrected chi connectivity index (χ0v) is 12.1. The number of ether oxygens (including phenoxy) is 1. The standard InChI is InChI=1S/C14H19ClN2O2/c1-11(19-2)14(18)17-9-7-16(8-10-17)13-5-3-12(15)4-6-13/h3-6,11H,7-10H2,1-2H3. The van der Waals surface area contributed by atoms with E-state index in [1.54, 1.807) is 14.0 Å². The van der Waals surface area contributed by atoms with Gasteiger partial charge in [-0.1, -0.05) is 11.6 Å². The van der Waals surface area contributed by atoms with Crippen LogP contribution in [0.3, 0.4) is 0 Å². The molecule has 5 heteroatoms. The zero-order valence-electron chi connectivity index (χ0n) is 11.3. The number of methoxy groups -OCH3 is 1. The Balaban J connectivity index is 1.92. The highest BCUT2D eigenvalue weighted by molar-refractivity contribution is 6.30. The molecule has 1 fully saturated rings. The van der Waals surface area contributed by atoms with Gasteiger partial charge in [-0.15, -0.1) is 0 Å². The molecule has 1 aromatic carbocycles. The molecular formula is C14H19ClN2O2. The molecule has 0 radical (unpaired) electrons. The van der Waals surface area contributed by atoms with Crippen LogP contribution in [-0.4, -0.2) is 50.2 Å². The Bertz CT molecular complexity index is 428. The number of nitrogens with zero attached hydrogens (tertiary/aromatic N) is 2. The second kappa shape index (κ2) is 6.26. The summed E-state index contributed by atoms with van der Waals surface area (Å²) in [5.74, 6) is 0.0678. The van der Waals surface area contributed by atoms with Crippen molar-refractivity contribution in [1.82, 2.24) is 4.90 Å². The second-order valence-corrected chi connectivity index (χ2v) is 5.10. The predicted octanol–water partition coefficient (Wildman–Crippen LogP) is 2.02. The van der Waals surface area contributed by atoms with Crippen LogP contribution in [0, 0.1) is 0 Å². The van der Waals surface area contributed by atoms with E-state index >= 15 is 0 Å². The maximum absolute atomic E-state index is 12.0. The van der Waals surface area contributed by atoms with E-state index in [1.807, 2.05) is 29.2 Å². The number of hydrogen-bond acceptors (Lipinski definition) is 3.